The fourth-order valence-corrected chi connectivity index (χ4v) is 2.52. The molecule has 0 atom stereocenters. The van der Waals surface area contributed by atoms with Gasteiger partial charge in [0.25, 0.3) is 10.0 Å². The van der Waals surface area contributed by atoms with Gasteiger partial charge in [-0.1, -0.05) is 23.7 Å². The van der Waals surface area contributed by atoms with E-state index in [4.69, 9.17) is 16.3 Å². The Kier molecular flexibility index (Phi) is 4.82. The monoisotopic (exact) mass is 324 g/mol. The number of nitrogens with one attached hydrogen (secondary N) is 1. The van der Waals surface area contributed by atoms with Gasteiger partial charge in [0.05, 0.1) is 18.2 Å². The van der Waals surface area contributed by atoms with Crippen LogP contribution < -0.4 is 9.57 Å². The van der Waals surface area contributed by atoms with Crippen LogP contribution in [-0.2, 0) is 10.0 Å². The van der Waals surface area contributed by atoms with E-state index in [0.29, 0.717) is 16.3 Å². The molecule has 0 aliphatic rings. The highest BCUT2D eigenvalue weighted by Crippen LogP contribution is 2.15. The first-order chi connectivity index (χ1) is 10.0. The summed E-state index contributed by atoms with van der Waals surface area (Å²) in [6.45, 7) is 0. The zero-order chi connectivity index (χ0) is 15.3. The van der Waals surface area contributed by atoms with E-state index in [1.165, 1.54) is 37.6 Å². The summed E-state index contributed by atoms with van der Waals surface area (Å²) >= 11 is 5.72. The predicted octanol–water partition coefficient (Wildman–Crippen LogP) is 2.66. The molecule has 0 fully saturated rings. The zero-order valence-electron chi connectivity index (χ0n) is 11.2. The number of rotatable bonds is 5. The molecule has 2 aromatic carbocycles. The van der Waals surface area contributed by atoms with Crippen LogP contribution in [-0.4, -0.2) is 21.7 Å². The van der Waals surface area contributed by atoms with Crippen LogP contribution in [0.4, 0.5) is 0 Å². The normalized spacial score (nSPS) is 11.5. The van der Waals surface area contributed by atoms with Gasteiger partial charge in [-0.05, 0) is 36.4 Å². The first-order valence-corrected chi connectivity index (χ1v) is 7.82. The van der Waals surface area contributed by atoms with Crippen LogP contribution >= 0.6 is 11.6 Å². The highest BCUT2D eigenvalue weighted by Gasteiger charge is 2.12. The molecule has 7 heteroatoms. The smallest absolute Gasteiger partial charge is 0.276 e. The van der Waals surface area contributed by atoms with Gasteiger partial charge in [0.2, 0.25) is 0 Å². The van der Waals surface area contributed by atoms with Gasteiger partial charge < -0.3 is 4.74 Å². The number of methoxy groups -OCH3 is 1. The lowest BCUT2D eigenvalue weighted by molar-refractivity contribution is 0.414. The number of halogens is 1. The molecule has 2 aromatic rings. The van der Waals surface area contributed by atoms with Gasteiger partial charge in [-0.15, -0.1) is 0 Å². The van der Waals surface area contributed by atoms with Crippen molar-refractivity contribution in [2.24, 2.45) is 5.10 Å². The standard InChI is InChI=1S/C14H13ClN2O3S/c1-20-14-5-3-2-4-11(14)10-16-17-21(18,19)13-8-6-12(15)7-9-13/h2-10,17H,1H3/b16-10+. The molecule has 0 unspecified atom stereocenters. The summed E-state index contributed by atoms with van der Waals surface area (Å²) in [5.41, 5.74) is 0.666. The second-order valence-electron chi connectivity index (χ2n) is 4.05. The molecule has 5 nitrogen and oxygen atoms in total. The molecular formula is C14H13ClN2O3S. The summed E-state index contributed by atoms with van der Waals surface area (Å²) in [7, 11) is -2.18. The number of ether oxygens (including phenoxy) is 1. The van der Waals surface area contributed by atoms with Crippen molar-refractivity contribution < 1.29 is 13.2 Å². The zero-order valence-corrected chi connectivity index (χ0v) is 12.7. The van der Waals surface area contributed by atoms with Gasteiger partial charge in [-0.25, -0.2) is 4.83 Å². The SMILES string of the molecule is COc1ccccc1/C=N/NS(=O)(=O)c1ccc(Cl)cc1. The van der Waals surface area contributed by atoms with Gasteiger partial charge in [-0.2, -0.15) is 13.5 Å². The maximum absolute atomic E-state index is 12.0. The molecule has 0 spiro atoms. The molecule has 0 aromatic heterocycles. The Morgan fingerprint density at radius 2 is 1.81 bits per heavy atom. The molecular weight excluding hydrogens is 312 g/mol. The summed E-state index contributed by atoms with van der Waals surface area (Å²) in [5, 5.41) is 4.21. The number of nitrogens with zero attached hydrogens (tertiary/aromatic N) is 1. The summed E-state index contributed by atoms with van der Waals surface area (Å²) in [4.78, 5) is 2.22. The topological polar surface area (TPSA) is 67.8 Å². The van der Waals surface area contributed by atoms with E-state index >= 15 is 0 Å². The average molecular weight is 325 g/mol. The largest absolute Gasteiger partial charge is 0.496 e. The molecule has 0 saturated carbocycles. The lowest BCUT2D eigenvalue weighted by Gasteiger charge is -2.05. The molecule has 110 valence electrons. The molecule has 0 amide bonds. The summed E-state index contributed by atoms with van der Waals surface area (Å²) < 4.78 is 29.1. The molecule has 2 rings (SSSR count). The van der Waals surface area contributed by atoms with Gasteiger partial charge in [0.15, 0.2) is 0 Å². The minimum atomic E-state index is -3.71. The number of sulfonamides is 1. The number of hydrogen-bond donors (Lipinski definition) is 1. The van der Waals surface area contributed by atoms with Crippen LogP contribution in [0.2, 0.25) is 5.02 Å². The summed E-state index contributed by atoms with van der Waals surface area (Å²) in [6.07, 6.45) is 1.38. The van der Waals surface area contributed by atoms with E-state index in [2.05, 4.69) is 9.93 Å². The van der Waals surface area contributed by atoms with Crippen molar-refractivity contribution in [2.45, 2.75) is 4.90 Å². The molecule has 0 aliphatic carbocycles. The van der Waals surface area contributed by atoms with Crippen molar-refractivity contribution in [1.29, 1.82) is 0 Å². The van der Waals surface area contributed by atoms with Crippen molar-refractivity contribution in [3.8, 4) is 5.75 Å². The van der Waals surface area contributed by atoms with E-state index in [0.717, 1.165) is 0 Å². The number of hydrogen-bond acceptors (Lipinski definition) is 4. The molecule has 21 heavy (non-hydrogen) atoms. The van der Waals surface area contributed by atoms with Crippen molar-refractivity contribution in [2.75, 3.05) is 7.11 Å². The Morgan fingerprint density at radius 3 is 2.48 bits per heavy atom. The van der Waals surface area contributed by atoms with E-state index in [1.807, 2.05) is 6.07 Å². The molecule has 0 bridgehead atoms. The Balaban J connectivity index is 2.14. The van der Waals surface area contributed by atoms with Crippen molar-refractivity contribution in [3.63, 3.8) is 0 Å². The maximum atomic E-state index is 12.0. The number of para-hydroxylation sites is 1. The van der Waals surface area contributed by atoms with E-state index in [9.17, 15) is 8.42 Å². The lowest BCUT2D eigenvalue weighted by Crippen LogP contribution is -2.18. The highest BCUT2D eigenvalue weighted by molar-refractivity contribution is 7.89. The van der Waals surface area contributed by atoms with E-state index < -0.39 is 10.0 Å². The third-order valence-corrected chi connectivity index (χ3v) is 4.13. The Morgan fingerprint density at radius 1 is 1.14 bits per heavy atom. The third kappa shape index (κ3) is 3.96. The Hall–Kier alpha value is -2.05. The average Bonchev–Trinajstić information content (AvgIpc) is 2.48. The lowest BCUT2D eigenvalue weighted by atomic mass is 10.2. The van der Waals surface area contributed by atoms with E-state index in [-0.39, 0.29) is 4.90 Å². The van der Waals surface area contributed by atoms with Crippen LogP contribution in [0.5, 0.6) is 5.75 Å². The molecule has 0 heterocycles. The first kappa shape index (κ1) is 15.3. The quantitative estimate of drug-likeness (QED) is 0.679. The Bertz CT molecular complexity index is 743. The fraction of sp³-hybridized carbons (Fsp3) is 0.0714. The highest BCUT2D eigenvalue weighted by atomic mass is 35.5. The molecule has 0 aliphatic heterocycles. The second-order valence-corrected chi connectivity index (χ2v) is 6.15. The number of benzene rings is 2. The minimum absolute atomic E-state index is 0.0871. The Labute approximate surface area is 128 Å². The predicted molar refractivity (Wildman–Crippen MR) is 82.4 cm³/mol. The van der Waals surface area contributed by atoms with E-state index in [1.54, 1.807) is 18.2 Å². The van der Waals surface area contributed by atoms with Gasteiger partial charge in [0, 0.05) is 10.6 Å². The van der Waals surface area contributed by atoms with Gasteiger partial charge in [0.1, 0.15) is 5.75 Å². The van der Waals surface area contributed by atoms with Crippen molar-refractivity contribution in [1.82, 2.24) is 4.83 Å². The van der Waals surface area contributed by atoms with Crippen molar-refractivity contribution >= 4 is 27.8 Å². The fourth-order valence-electron chi connectivity index (χ4n) is 1.60. The summed E-state index contributed by atoms with van der Waals surface area (Å²) in [6, 6.07) is 13.0. The summed E-state index contributed by atoms with van der Waals surface area (Å²) in [5.74, 6) is 0.604. The molecule has 0 saturated heterocycles. The van der Waals surface area contributed by atoms with Crippen LogP contribution in [0, 0.1) is 0 Å². The minimum Gasteiger partial charge on any atom is -0.496 e. The third-order valence-electron chi connectivity index (χ3n) is 2.64. The van der Waals surface area contributed by atoms with Crippen LogP contribution in [0.25, 0.3) is 0 Å². The van der Waals surface area contributed by atoms with Crippen LogP contribution in [0.3, 0.4) is 0 Å². The maximum Gasteiger partial charge on any atom is 0.276 e. The number of hydrazone groups is 1. The molecule has 0 radical (unpaired) electrons. The first-order valence-electron chi connectivity index (χ1n) is 5.96. The van der Waals surface area contributed by atoms with Crippen LogP contribution in [0.1, 0.15) is 5.56 Å². The second kappa shape index (κ2) is 6.60. The van der Waals surface area contributed by atoms with Crippen LogP contribution in [0.15, 0.2) is 58.5 Å². The van der Waals surface area contributed by atoms with Gasteiger partial charge in [-0.3, -0.25) is 0 Å². The van der Waals surface area contributed by atoms with Gasteiger partial charge >= 0.3 is 0 Å². The molecule has 1 N–H and O–H groups in total. The van der Waals surface area contributed by atoms with Crippen molar-refractivity contribution in [3.05, 3.63) is 59.1 Å².